The van der Waals surface area contributed by atoms with Gasteiger partial charge in [-0.2, -0.15) is 0 Å². The van der Waals surface area contributed by atoms with Crippen molar-refractivity contribution < 1.29 is 4.74 Å². The molecule has 1 aromatic carbocycles. The van der Waals surface area contributed by atoms with Crippen LogP contribution >= 0.6 is 0 Å². The van der Waals surface area contributed by atoms with Crippen molar-refractivity contribution in [3.05, 3.63) is 29.8 Å². The predicted octanol–water partition coefficient (Wildman–Crippen LogP) is 3.93. The van der Waals surface area contributed by atoms with Crippen LogP contribution in [0.3, 0.4) is 0 Å². The van der Waals surface area contributed by atoms with Crippen molar-refractivity contribution in [3.8, 4) is 5.75 Å². The minimum atomic E-state index is 0.273. The van der Waals surface area contributed by atoms with Gasteiger partial charge in [-0.1, -0.05) is 50.3 Å². The van der Waals surface area contributed by atoms with Gasteiger partial charge in [0.15, 0.2) is 0 Å². The maximum absolute atomic E-state index is 6.47. The Kier molecular flexibility index (Phi) is 5.71. The maximum Gasteiger partial charge on any atom is 0.122 e. The van der Waals surface area contributed by atoms with Crippen molar-refractivity contribution in [3.63, 3.8) is 0 Å². The van der Waals surface area contributed by atoms with Crippen LogP contribution in [0.2, 0.25) is 0 Å². The van der Waals surface area contributed by atoms with E-state index in [1.165, 1.54) is 50.5 Å². The lowest BCUT2D eigenvalue weighted by Crippen LogP contribution is -2.33. The molecule has 1 aromatic rings. The van der Waals surface area contributed by atoms with Crippen LogP contribution in [0.1, 0.15) is 50.5 Å². The monoisotopic (exact) mass is 261 g/mol. The lowest BCUT2D eigenvalue weighted by molar-refractivity contribution is 0.319. The predicted molar refractivity (Wildman–Crippen MR) is 80.5 cm³/mol. The number of para-hydroxylation sites is 1. The van der Waals surface area contributed by atoms with Gasteiger partial charge < -0.3 is 10.5 Å². The first-order valence-corrected chi connectivity index (χ1v) is 7.68. The van der Waals surface area contributed by atoms with E-state index in [0.29, 0.717) is 5.92 Å². The third-order valence-electron chi connectivity index (χ3n) is 4.40. The zero-order valence-electron chi connectivity index (χ0n) is 12.1. The second-order valence-electron chi connectivity index (χ2n) is 5.79. The summed E-state index contributed by atoms with van der Waals surface area (Å²) < 4.78 is 5.42. The first-order chi connectivity index (χ1) is 9.31. The Hall–Kier alpha value is -1.02. The molecule has 0 amide bonds. The summed E-state index contributed by atoms with van der Waals surface area (Å²) in [6.07, 6.45) is 10.4. The summed E-state index contributed by atoms with van der Waals surface area (Å²) in [6, 6.07) is 8.53. The van der Waals surface area contributed by atoms with E-state index in [-0.39, 0.29) is 6.04 Å². The van der Waals surface area contributed by atoms with Crippen molar-refractivity contribution in [2.75, 3.05) is 7.11 Å². The summed E-state index contributed by atoms with van der Waals surface area (Å²) in [5.74, 6) is 1.66. The quantitative estimate of drug-likeness (QED) is 0.891. The standard InChI is InChI=1S/C17H27NO/c1-19-17-12-8-7-11-15(17)13-16(18)14-9-5-3-2-4-6-10-14/h7-8,11-12,14,16H,2-6,9-10,13,18H2,1H3. The van der Waals surface area contributed by atoms with Crippen molar-refractivity contribution in [2.24, 2.45) is 11.7 Å². The van der Waals surface area contributed by atoms with Gasteiger partial charge in [0.2, 0.25) is 0 Å². The van der Waals surface area contributed by atoms with E-state index in [1.807, 2.05) is 12.1 Å². The van der Waals surface area contributed by atoms with Crippen LogP contribution in [0.4, 0.5) is 0 Å². The highest BCUT2D eigenvalue weighted by atomic mass is 16.5. The summed E-state index contributed by atoms with van der Waals surface area (Å²) in [5.41, 5.74) is 7.72. The van der Waals surface area contributed by atoms with E-state index in [1.54, 1.807) is 7.11 Å². The van der Waals surface area contributed by atoms with Crippen LogP contribution in [0.25, 0.3) is 0 Å². The Morgan fingerprint density at radius 3 is 2.42 bits per heavy atom. The number of methoxy groups -OCH3 is 1. The molecule has 2 heteroatoms. The molecular weight excluding hydrogens is 234 g/mol. The Morgan fingerprint density at radius 1 is 1.11 bits per heavy atom. The highest BCUT2D eigenvalue weighted by molar-refractivity contribution is 5.33. The van der Waals surface area contributed by atoms with Gasteiger partial charge in [-0.25, -0.2) is 0 Å². The summed E-state index contributed by atoms with van der Waals surface area (Å²) in [7, 11) is 1.74. The maximum atomic E-state index is 6.47. The van der Waals surface area contributed by atoms with Gasteiger partial charge >= 0.3 is 0 Å². The van der Waals surface area contributed by atoms with Gasteiger partial charge in [-0.15, -0.1) is 0 Å². The van der Waals surface area contributed by atoms with Crippen molar-refractivity contribution in [1.82, 2.24) is 0 Å². The smallest absolute Gasteiger partial charge is 0.122 e. The van der Waals surface area contributed by atoms with Crippen LogP contribution < -0.4 is 10.5 Å². The van der Waals surface area contributed by atoms with Crippen LogP contribution in [0.15, 0.2) is 24.3 Å². The molecule has 2 nitrogen and oxygen atoms in total. The van der Waals surface area contributed by atoms with Crippen LogP contribution in [0.5, 0.6) is 5.75 Å². The van der Waals surface area contributed by atoms with Crippen LogP contribution in [-0.4, -0.2) is 13.2 Å². The van der Waals surface area contributed by atoms with E-state index < -0.39 is 0 Å². The van der Waals surface area contributed by atoms with Crippen LogP contribution in [-0.2, 0) is 6.42 Å². The summed E-state index contributed by atoms with van der Waals surface area (Å²) in [5, 5.41) is 0. The number of nitrogens with two attached hydrogens (primary N) is 1. The largest absolute Gasteiger partial charge is 0.496 e. The molecule has 0 aromatic heterocycles. The molecule has 2 rings (SSSR count). The van der Waals surface area contributed by atoms with Gasteiger partial charge in [-0.05, 0) is 36.8 Å². The summed E-state index contributed by atoms with van der Waals surface area (Å²) >= 11 is 0. The molecule has 1 fully saturated rings. The molecule has 0 saturated heterocycles. The number of hydrogen-bond acceptors (Lipinski definition) is 2. The molecule has 19 heavy (non-hydrogen) atoms. The number of ether oxygens (including phenoxy) is 1. The first kappa shape index (κ1) is 14.4. The second kappa shape index (κ2) is 7.54. The normalized spacial score (nSPS) is 19.5. The summed E-state index contributed by atoms with van der Waals surface area (Å²) in [4.78, 5) is 0. The van der Waals surface area contributed by atoms with Crippen molar-refractivity contribution in [1.29, 1.82) is 0 Å². The molecule has 1 aliphatic carbocycles. The number of rotatable bonds is 4. The molecule has 106 valence electrons. The molecule has 0 aliphatic heterocycles. The SMILES string of the molecule is COc1ccccc1CC(N)C1CCCCCCC1. The second-order valence-corrected chi connectivity index (χ2v) is 5.79. The fourth-order valence-corrected chi connectivity index (χ4v) is 3.21. The highest BCUT2D eigenvalue weighted by Gasteiger charge is 2.20. The van der Waals surface area contributed by atoms with E-state index in [4.69, 9.17) is 10.5 Å². The molecule has 2 N–H and O–H groups in total. The third-order valence-corrected chi connectivity index (χ3v) is 4.40. The topological polar surface area (TPSA) is 35.2 Å². The molecule has 0 bridgehead atoms. The van der Waals surface area contributed by atoms with Gasteiger partial charge in [0, 0.05) is 6.04 Å². The van der Waals surface area contributed by atoms with Gasteiger partial charge in [0.05, 0.1) is 7.11 Å². The molecule has 1 saturated carbocycles. The first-order valence-electron chi connectivity index (χ1n) is 7.68. The zero-order valence-corrected chi connectivity index (χ0v) is 12.1. The molecular formula is C17H27NO. The molecule has 0 heterocycles. The Morgan fingerprint density at radius 2 is 1.74 bits per heavy atom. The minimum absolute atomic E-state index is 0.273. The lowest BCUT2D eigenvalue weighted by atomic mass is 9.84. The minimum Gasteiger partial charge on any atom is -0.496 e. The lowest BCUT2D eigenvalue weighted by Gasteiger charge is -2.26. The molecule has 1 unspecified atom stereocenters. The highest BCUT2D eigenvalue weighted by Crippen LogP contribution is 2.27. The average molecular weight is 261 g/mol. The average Bonchev–Trinajstić information content (AvgIpc) is 2.38. The number of benzene rings is 1. The molecule has 1 atom stereocenters. The van der Waals surface area contributed by atoms with Gasteiger partial charge in [-0.3, -0.25) is 0 Å². The van der Waals surface area contributed by atoms with E-state index in [2.05, 4.69) is 12.1 Å². The van der Waals surface area contributed by atoms with E-state index in [0.717, 1.165) is 12.2 Å². The Balaban J connectivity index is 1.96. The summed E-state index contributed by atoms with van der Waals surface area (Å²) in [6.45, 7) is 0. The molecule has 0 radical (unpaired) electrons. The molecule has 1 aliphatic rings. The fourth-order valence-electron chi connectivity index (χ4n) is 3.21. The van der Waals surface area contributed by atoms with E-state index in [9.17, 15) is 0 Å². The van der Waals surface area contributed by atoms with E-state index >= 15 is 0 Å². The fraction of sp³-hybridized carbons (Fsp3) is 0.647. The third kappa shape index (κ3) is 4.24. The van der Waals surface area contributed by atoms with Crippen LogP contribution in [0, 0.1) is 5.92 Å². The number of hydrogen-bond donors (Lipinski definition) is 1. The Bertz CT molecular complexity index is 369. The Labute approximate surface area is 117 Å². The van der Waals surface area contributed by atoms with Crippen molar-refractivity contribution >= 4 is 0 Å². The van der Waals surface area contributed by atoms with Gasteiger partial charge in [0.1, 0.15) is 5.75 Å². The van der Waals surface area contributed by atoms with Crippen molar-refractivity contribution in [2.45, 2.75) is 57.4 Å². The zero-order chi connectivity index (χ0) is 13.5. The molecule has 0 spiro atoms. The van der Waals surface area contributed by atoms with Gasteiger partial charge in [0.25, 0.3) is 0 Å².